The second kappa shape index (κ2) is 5.89. The van der Waals surface area contributed by atoms with Crippen LogP contribution in [-0.2, 0) is 23.0 Å². The first-order valence-corrected chi connectivity index (χ1v) is 9.68. The number of H-pyrrole nitrogens is 1. The third-order valence-electron chi connectivity index (χ3n) is 4.85. The number of rotatable bonds is 3. The van der Waals surface area contributed by atoms with Crippen molar-refractivity contribution in [2.24, 2.45) is 0 Å². The lowest BCUT2D eigenvalue weighted by atomic mass is 10.1. The Morgan fingerprint density at radius 2 is 1.96 bits per heavy atom. The molecule has 0 spiro atoms. The normalized spacial score (nSPS) is 15.3. The van der Waals surface area contributed by atoms with Gasteiger partial charge in [-0.25, -0.2) is 8.42 Å². The quantitative estimate of drug-likeness (QED) is 0.784. The number of hydrogen-bond donors (Lipinski definition) is 1. The predicted octanol–water partition coefficient (Wildman–Crippen LogP) is 3.23. The van der Waals surface area contributed by atoms with Gasteiger partial charge in [0.15, 0.2) is 0 Å². The van der Waals surface area contributed by atoms with Gasteiger partial charge in [-0.1, -0.05) is 18.2 Å². The van der Waals surface area contributed by atoms with E-state index in [-0.39, 0.29) is 0 Å². The third kappa shape index (κ3) is 2.62. The fourth-order valence-electron chi connectivity index (χ4n) is 3.52. The lowest BCUT2D eigenvalue weighted by molar-refractivity contribution is 0.390. The van der Waals surface area contributed by atoms with Crippen LogP contribution in [0.25, 0.3) is 10.9 Å². The molecule has 0 saturated heterocycles. The highest BCUT2D eigenvalue weighted by molar-refractivity contribution is 7.89. The van der Waals surface area contributed by atoms with Crippen LogP contribution < -0.4 is 4.74 Å². The molecule has 25 heavy (non-hydrogen) atoms. The van der Waals surface area contributed by atoms with Crippen molar-refractivity contribution in [2.75, 3.05) is 13.7 Å². The maximum atomic E-state index is 13.2. The van der Waals surface area contributed by atoms with Crippen molar-refractivity contribution in [2.45, 2.75) is 24.8 Å². The van der Waals surface area contributed by atoms with Gasteiger partial charge in [-0.15, -0.1) is 0 Å². The first-order valence-electron chi connectivity index (χ1n) is 8.24. The fourth-order valence-corrected chi connectivity index (χ4v) is 5.14. The van der Waals surface area contributed by atoms with Crippen molar-refractivity contribution in [3.8, 4) is 5.75 Å². The predicted molar refractivity (Wildman–Crippen MR) is 97.3 cm³/mol. The molecule has 1 aliphatic heterocycles. The van der Waals surface area contributed by atoms with Crippen LogP contribution in [0.3, 0.4) is 0 Å². The molecular formula is C19H20N2O3S. The van der Waals surface area contributed by atoms with E-state index in [2.05, 4.69) is 4.98 Å². The Morgan fingerprint density at radius 3 is 2.72 bits per heavy atom. The highest BCUT2D eigenvalue weighted by Crippen LogP contribution is 2.31. The van der Waals surface area contributed by atoms with E-state index in [4.69, 9.17) is 4.74 Å². The van der Waals surface area contributed by atoms with E-state index in [9.17, 15) is 8.42 Å². The van der Waals surface area contributed by atoms with Crippen molar-refractivity contribution in [1.82, 2.24) is 9.29 Å². The van der Waals surface area contributed by atoms with Gasteiger partial charge in [-0.3, -0.25) is 0 Å². The number of methoxy groups -OCH3 is 1. The second-order valence-corrected chi connectivity index (χ2v) is 8.25. The summed E-state index contributed by atoms with van der Waals surface area (Å²) in [5.41, 5.74) is 3.98. The molecule has 1 aliphatic rings. The van der Waals surface area contributed by atoms with Gasteiger partial charge < -0.3 is 9.72 Å². The molecule has 0 amide bonds. The number of hydrogen-bond acceptors (Lipinski definition) is 3. The molecule has 1 aromatic heterocycles. The fraction of sp³-hybridized carbons (Fsp3) is 0.263. The van der Waals surface area contributed by atoms with Crippen molar-refractivity contribution in [3.05, 3.63) is 59.3 Å². The molecule has 130 valence electrons. The number of ether oxygens (including phenoxy) is 1. The van der Waals surface area contributed by atoms with E-state index in [0.29, 0.717) is 35.7 Å². The number of benzene rings is 2. The largest absolute Gasteiger partial charge is 0.497 e. The summed E-state index contributed by atoms with van der Waals surface area (Å²) in [5, 5.41) is 1.10. The minimum absolute atomic E-state index is 0.344. The molecule has 0 unspecified atom stereocenters. The van der Waals surface area contributed by atoms with Gasteiger partial charge in [-0.05, 0) is 42.3 Å². The van der Waals surface area contributed by atoms with Crippen LogP contribution in [0.5, 0.6) is 5.75 Å². The molecule has 0 bridgehead atoms. The zero-order valence-corrected chi connectivity index (χ0v) is 15.1. The summed E-state index contributed by atoms with van der Waals surface area (Å²) >= 11 is 0. The van der Waals surface area contributed by atoms with Crippen LogP contribution in [0.4, 0.5) is 0 Å². The van der Waals surface area contributed by atoms with Crippen LogP contribution in [0.15, 0.2) is 47.4 Å². The first kappa shape index (κ1) is 16.2. The smallest absolute Gasteiger partial charge is 0.243 e. The highest BCUT2D eigenvalue weighted by atomic mass is 32.2. The second-order valence-electron chi connectivity index (χ2n) is 6.35. The van der Waals surface area contributed by atoms with E-state index >= 15 is 0 Å². The van der Waals surface area contributed by atoms with Gasteiger partial charge in [0, 0.05) is 36.1 Å². The molecule has 2 heterocycles. The van der Waals surface area contributed by atoms with Gasteiger partial charge in [0.1, 0.15) is 5.75 Å². The monoisotopic (exact) mass is 356 g/mol. The van der Waals surface area contributed by atoms with Gasteiger partial charge in [0.05, 0.1) is 12.0 Å². The van der Waals surface area contributed by atoms with Crippen molar-refractivity contribution in [3.63, 3.8) is 0 Å². The summed E-state index contributed by atoms with van der Waals surface area (Å²) in [6, 6.07) is 13.1. The van der Waals surface area contributed by atoms with Crippen LogP contribution in [0, 0.1) is 6.92 Å². The highest BCUT2D eigenvalue weighted by Gasteiger charge is 2.31. The van der Waals surface area contributed by atoms with Crippen molar-refractivity contribution in [1.29, 1.82) is 0 Å². The number of fused-ring (bicyclic) bond motifs is 3. The minimum atomic E-state index is -3.54. The van der Waals surface area contributed by atoms with Gasteiger partial charge >= 0.3 is 0 Å². The van der Waals surface area contributed by atoms with Crippen LogP contribution in [0.1, 0.15) is 16.8 Å². The number of aromatic nitrogens is 1. The average molecular weight is 356 g/mol. The minimum Gasteiger partial charge on any atom is -0.497 e. The summed E-state index contributed by atoms with van der Waals surface area (Å²) in [6.45, 7) is 2.68. The molecule has 3 aromatic rings. The number of nitrogens with zero attached hydrogens (tertiary/aromatic N) is 1. The Bertz CT molecular complexity index is 1050. The Labute approximate surface area is 147 Å². The zero-order valence-electron chi connectivity index (χ0n) is 14.2. The Balaban J connectivity index is 1.73. The van der Waals surface area contributed by atoms with Crippen LogP contribution in [0.2, 0.25) is 0 Å². The Morgan fingerprint density at radius 1 is 1.16 bits per heavy atom. The number of nitrogens with one attached hydrogen (secondary N) is 1. The number of sulfonamides is 1. The van der Waals surface area contributed by atoms with Crippen LogP contribution in [-0.4, -0.2) is 31.4 Å². The molecule has 0 atom stereocenters. The van der Waals surface area contributed by atoms with Gasteiger partial charge in [-0.2, -0.15) is 4.31 Å². The molecule has 0 radical (unpaired) electrons. The molecule has 6 heteroatoms. The summed E-state index contributed by atoms with van der Waals surface area (Å²) in [7, 11) is -1.97. The number of aryl methyl sites for hydroxylation is 1. The summed E-state index contributed by atoms with van der Waals surface area (Å²) in [6.07, 6.45) is 0.693. The van der Waals surface area contributed by atoms with Crippen molar-refractivity contribution >= 4 is 20.9 Å². The van der Waals surface area contributed by atoms with E-state index in [1.165, 1.54) is 0 Å². The van der Waals surface area contributed by atoms with Crippen LogP contribution >= 0.6 is 0 Å². The first-order chi connectivity index (χ1) is 12.0. The zero-order chi connectivity index (χ0) is 17.6. The van der Waals surface area contributed by atoms with Gasteiger partial charge in [0.2, 0.25) is 10.0 Å². The summed E-state index contributed by atoms with van der Waals surface area (Å²) in [5.74, 6) is 0.661. The molecule has 0 aliphatic carbocycles. The van der Waals surface area contributed by atoms with E-state index in [0.717, 1.165) is 22.2 Å². The summed E-state index contributed by atoms with van der Waals surface area (Å²) < 4.78 is 33.1. The Kier molecular flexibility index (Phi) is 3.81. The molecular weight excluding hydrogens is 336 g/mol. The maximum absolute atomic E-state index is 13.2. The van der Waals surface area contributed by atoms with E-state index in [1.807, 2.05) is 24.3 Å². The third-order valence-corrected chi connectivity index (χ3v) is 6.85. The standard InChI is InChI=1S/C19H20N2O3S/c1-13-11-14(24-2)7-8-19(13)25(22,23)21-10-9-18-16(12-21)15-5-3-4-6-17(15)20-18/h3-8,11,20H,9-10,12H2,1-2H3. The summed E-state index contributed by atoms with van der Waals surface area (Å²) in [4.78, 5) is 3.76. The van der Waals surface area contributed by atoms with E-state index < -0.39 is 10.0 Å². The number of para-hydroxylation sites is 1. The number of aromatic amines is 1. The molecule has 0 fully saturated rings. The molecule has 4 rings (SSSR count). The lowest BCUT2D eigenvalue weighted by Crippen LogP contribution is -2.36. The average Bonchev–Trinajstić information content (AvgIpc) is 2.99. The molecule has 5 nitrogen and oxygen atoms in total. The molecule has 2 aromatic carbocycles. The maximum Gasteiger partial charge on any atom is 0.243 e. The van der Waals surface area contributed by atoms with Gasteiger partial charge in [0.25, 0.3) is 0 Å². The molecule has 1 N–H and O–H groups in total. The van der Waals surface area contributed by atoms with Crippen molar-refractivity contribution < 1.29 is 13.2 Å². The Hall–Kier alpha value is -2.31. The lowest BCUT2D eigenvalue weighted by Gasteiger charge is -2.27. The topological polar surface area (TPSA) is 62.4 Å². The molecule has 0 saturated carbocycles. The van der Waals surface area contributed by atoms with E-state index in [1.54, 1.807) is 36.5 Å². The SMILES string of the molecule is COc1ccc(S(=O)(=O)N2CCc3[nH]c4ccccc4c3C2)c(C)c1.